The van der Waals surface area contributed by atoms with Gasteiger partial charge in [-0.3, -0.25) is 9.59 Å². The molecule has 1 aliphatic rings. The fourth-order valence-electron chi connectivity index (χ4n) is 2.50. The lowest BCUT2D eigenvalue weighted by Crippen LogP contribution is -2.45. The third-order valence-corrected chi connectivity index (χ3v) is 3.63. The number of amides is 2. The molecular weight excluding hydrogens is 264 g/mol. The number of piperidine rings is 1. The highest BCUT2D eigenvalue weighted by Crippen LogP contribution is 2.22. The molecule has 5 heteroatoms. The van der Waals surface area contributed by atoms with Gasteiger partial charge in [0.1, 0.15) is 0 Å². The summed E-state index contributed by atoms with van der Waals surface area (Å²) in [6.45, 7) is 0.670. The quantitative estimate of drug-likeness (QED) is 0.923. The Bertz CT molecular complexity index is 490. The van der Waals surface area contributed by atoms with E-state index in [-0.39, 0.29) is 24.3 Å². The fourth-order valence-corrected chi connectivity index (χ4v) is 2.69. The van der Waals surface area contributed by atoms with Crippen molar-refractivity contribution in [3.05, 3.63) is 34.9 Å². The number of nitrogens with zero attached hydrogens (tertiary/aromatic N) is 1. The van der Waals surface area contributed by atoms with Crippen molar-refractivity contribution >= 4 is 23.4 Å². The molecule has 1 atom stereocenters. The summed E-state index contributed by atoms with van der Waals surface area (Å²) in [4.78, 5) is 25.3. The number of hydrogen-bond acceptors (Lipinski definition) is 2. The van der Waals surface area contributed by atoms with Crippen molar-refractivity contribution in [2.75, 3.05) is 6.54 Å². The third-order valence-electron chi connectivity index (χ3n) is 3.40. The van der Waals surface area contributed by atoms with Gasteiger partial charge in [-0.2, -0.15) is 0 Å². The minimum absolute atomic E-state index is 0.0755. The maximum atomic E-state index is 12.5. The first-order valence-corrected chi connectivity index (χ1v) is 6.80. The highest BCUT2D eigenvalue weighted by atomic mass is 35.5. The van der Waals surface area contributed by atoms with E-state index in [4.69, 9.17) is 17.3 Å². The van der Waals surface area contributed by atoms with E-state index in [0.717, 1.165) is 19.3 Å². The van der Waals surface area contributed by atoms with Crippen LogP contribution in [0.15, 0.2) is 24.3 Å². The van der Waals surface area contributed by atoms with Crippen molar-refractivity contribution < 1.29 is 9.59 Å². The Labute approximate surface area is 117 Å². The average Bonchev–Trinajstić information content (AvgIpc) is 2.38. The van der Waals surface area contributed by atoms with Crippen LogP contribution in [-0.2, 0) is 4.79 Å². The molecular formula is C14H17ClN2O2. The summed E-state index contributed by atoms with van der Waals surface area (Å²) >= 11 is 5.90. The molecule has 102 valence electrons. The van der Waals surface area contributed by atoms with E-state index in [1.807, 2.05) is 0 Å². The predicted molar refractivity (Wildman–Crippen MR) is 73.9 cm³/mol. The number of primary amides is 1. The molecule has 4 nitrogen and oxygen atoms in total. The fraction of sp³-hybridized carbons (Fsp3) is 0.429. The van der Waals surface area contributed by atoms with Gasteiger partial charge in [0.25, 0.3) is 5.91 Å². The van der Waals surface area contributed by atoms with E-state index < -0.39 is 0 Å². The molecule has 0 aromatic heterocycles. The number of hydrogen-bond donors (Lipinski definition) is 1. The lowest BCUT2D eigenvalue weighted by Gasteiger charge is -2.35. The smallest absolute Gasteiger partial charge is 0.254 e. The molecule has 2 amide bonds. The Morgan fingerprint density at radius 2 is 2.16 bits per heavy atom. The van der Waals surface area contributed by atoms with Gasteiger partial charge in [0.15, 0.2) is 0 Å². The zero-order chi connectivity index (χ0) is 13.8. The van der Waals surface area contributed by atoms with Crippen molar-refractivity contribution in [1.82, 2.24) is 4.90 Å². The van der Waals surface area contributed by atoms with Gasteiger partial charge < -0.3 is 10.6 Å². The van der Waals surface area contributed by atoms with Crippen LogP contribution in [-0.4, -0.2) is 29.3 Å². The minimum atomic E-state index is -0.365. The van der Waals surface area contributed by atoms with Crippen LogP contribution in [0.3, 0.4) is 0 Å². The number of carbonyl (C=O) groups is 2. The summed E-state index contributed by atoms with van der Waals surface area (Å²) in [7, 11) is 0. The first-order chi connectivity index (χ1) is 9.08. The van der Waals surface area contributed by atoms with E-state index in [1.54, 1.807) is 29.2 Å². The van der Waals surface area contributed by atoms with Crippen molar-refractivity contribution in [1.29, 1.82) is 0 Å². The van der Waals surface area contributed by atoms with Gasteiger partial charge in [-0.15, -0.1) is 0 Å². The highest BCUT2D eigenvalue weighted by molar-refractivity contribution is 6.30. The number of benzene rings is 1. The third kappa shape index (κ3) is 3.47. The maximum absolute atomic E-state index is 12.5. The first kappa shape index (κ1) is 13.9. The molecule has 1 fully saturated rings. The van der Waals surface area contributed by atoms with Crippen LogP contribution in [0.2, 0.25) is 5.02 Å². The highest BCUT2D eigenvalue weighted by Gasteiger charge is 2.28. The van der Waals surface area contributed by atoms with Crippen molar-refractivity contribution in [2.24, 2.45) is 5.73 Å². The zero-order valence-electron chi connectivity index (χ0n) is 10.6. The summed E-state index contributed by atoms with van der Waals surface area (Å²) in [5.41, 5.74) is 5.81. The van der Waals surface area contributed by atoms with E-state index in [1.165, 1.54) is 0 Å². The van der Waals surface area contributed by atoms with Gasteiger partial charge >= 0.3 is 0 Å². The molecule has 0 unspecified atom stereocenters. The molecule has 1 aromatic rings. The molecule has 1 aliphatic heterocycles. The topological polar surface area (TPSA) is 63.4 Å². The molecule has 2 N–H and O–H groups in total. The van der Waals surface area contributed by atoms with Gasteiger partial charge in [-0.1, -0.05) is 17.7 Å². The van der Waals surface area contributed by atoms with E-state index in [0.29, 0.717) is 17.1 Å². The summed E-state index contributed by atoms with van der Waals surface area (Å²) in [5.74, 6) is -0.441. The van der Waals surface area contributed by atoms with Crippen LogP contribution >= 0.6 is 11.6 Å². The minimum Gasteiger partial charge on any atom is -0.370 e. The molecule has 0 bridgehead atoms. The lowest BCUT2D eigenvalue weighted by molar-refractivity contribution is -0.119. The number of rotatable bonds is 3. The number of likely N-dealkylation sites (tertiary alicyclic amines) is 1. The Morgan fingerprint density at radius 1 is 1.37 bits per heavy atom. The Kier molecular flexibility index (Phi) is 4.43. The van der Waals surface area contributed by atoms with E-state index in [9.17, 15) is 9.59 Å². The van der Waals surface area contributed by atoms with Crippen molar-refractivity contribution in [3.8, 4) is 0 Å². The second kappa shape index (κ2) is 6.06. The molecule has 0 saturated carbocycles. The monoisotopic (exact) mass is 280 g/mol. The average molecular weight is 281 g/mol. The largest absolute Gasteiger partial charge is 0.370 e. The second-order valence-corrected chi connectivity index (χ2v) is 5.27. The number of halogens is 1. The van der Waals surface area contributed by atoms with Gasteiger partial charge in [0.05, 0.1) is 0 Å². The molecule has 19 heavy (non-hydrogen) atoms. The standard InChI is InChI=1S/C14H17ClN2O2/c15-11-5-3-4-10(8-11)14(19)17-7-2-1-6-12(17)9-13(16)18/h3-5,8,12H,1-2,6-7,9H2,(H2,16,18)/t12-/m0/s1. The van der Waals surface area contributed by atoms with Gasteiger partial charge in [-0.25, -0.2) is 0 Å². The number of nitrogens with two attached hydrogens (primary N) is 1. The Morgan fingerprint density at radius 3 is 2.84 bits per heavy atom. The van der Waals surface area contributed by atoms with Crippen LogP contribution in [0.25, 0.3) is 0 Å². The molecule has 2 rings (SSSR count). The summed E-state index contributed by atoms with van der Waals surface area (Å²) < 4.78 is 0. The molecule has 1 aromatic carbocycles. The van der Waals surface area contributed by atoms with Crippen molar-refractivity contribution in [3.63, 3.8) is 0 Å². The second-order valence-electron chi connectivity index (χ2n) is 4.83. The predicted octanol–water partition coefficient (Wildman–Crippen LogP) is 2.21. The van der Waals surface area contributed by atoms with Crippen LogP contribution in [0.1, 0.15) is 36.0 Å². The lowest BCUT2D eigenvalue weighted by atomic mass is 9.98. The first-order valence-electron chi connectivity index (χ1n) is 6.43. The number of carbonyl (C=O) groups excluding carboxylic acids is 2. The van der Waals surface area contributed by atoms with Crippen molar-refractivity contribution in [2.45, 2.75) is 31.7 Å². The van der Waals surface area contributed by atoms with Gasteiger partial charge in [0.2, 0.25) is 5.91 Å². The van der Waals surface area contributed by atoms with Crippen LogP contribution in [0.5, 0.6) is 0 Å². The molecule has 0 radical (unpaired) electrons. The molecule has 1 heterocycles. The molecule has 0 spiro atoms. The SMILES string of the molecule is NC(=O)C[C@@H]1CCCCN1C(=O)c1cccc(Cl)c1. The van der Waals surface area contributed by atoms with Crippen LogP contribution in [0.4, 0.5) is 0 Å². The van der Waals surface area contributed by atoms with Crippen LogP contribution < -0.4 is 5.73 Å². The normalized spacial score (nSPS) is 19.2. The summed E-state index contributed by atoms with van der Waals surface area (Å²) in [6.07, 6.45) is 3.04. The maximum Gasteiger partial charge on any atom is 0.254 e. The summed E-state index contributed by atoms with van der Waals surface area (Å²) in [5, 5.41) is 0.536. The summed E-state index contributed by atoms with van der Waals surface area (Å²) in [6, 6.07) is 6.79. The van der Waals surface area contributed by atoms with E-state index in [2.05, 4.69) is 0 Å². The van der Waals surface area contributed by atoms with Gasteiger partial charge in [-0.05, 0) is 37.5 Å². The molecule has 0 aliphatic carbocycles. The van der Waals surface area contributed by atoms with E-state index >= 15 is 0 Å². The Hall–Kier alpha value is -1.55. The Balaban J connectivity index is 2.17. The molecule has 1 saturated heterocycles. The van der Waals surface area contributed by atoms with Crippen LogP contribution in [0, 0.1) is 0 Å². The zero-order valence-corrected chi connectivity index (χ0v) is 11.4. The van der Waals surface area contributed by atoms with Gasteiger partial charge in [0, 0.05) is 29.6 Å².